The molecule has 1 aromatic rings. The second-order valence-electron chi connectivity index (χ2n) is 2.53. The van der Waals surface area contributed by atoms with Crippen LogP contribution in [0.3, 0.4) is 0 Å². The number of fused-ring (bicyclic) bond motifs is 1. The molecule has 12 heavy (non-hydrogen) atoms. The van der Waals surface area contributed by atoms with Crippen LogP contribution in [-0.2, 0) is 11.2 Å². The molecule has 1 aliphatic rings. The molecule has 2 rings (SSSR count). The van der Waals surface area contributed by atoms with Crippen molar-refractivity contribution in [3.8, 4) is 0 Å². The summed E-state index contributed by atoms with van der Waals surface area (Å²) < 4.78 is 0. The zero-order chi connectivity index (χ0) is 8.72. The average molecular weight is 182 g/mol. The van der Waals surface area contributed by atoms with Gasteiger partial charge in [-0.25, -0.2) is 14.8 Å². The first-order chi connectivity index (χ1) is 5.66. The molecule has 0 saturated heterocycles. The van der Waals surface area contributed by atoms with E-state index in [1.54, 1.807) is 0 Å². The Morgan fingerprint density at radius 3 is 3.00 bits per heavy atom. The smallest absolute Gasteiger partial charge is 0.350 e. The maximum Gasteiger partial charge on any atom is 0.350 e. The van der Waals surface area contributed by atoms with E-state index in [0.717, 1.165) is 15.7 Å². The van der Waals surface area contributed by atoms with Crippen LogP contribution in [-0.4, -0.2) is 21.8 Å². The minimum absolute atomic E-state index is 0.198. The van der Waals surface area contributed by atoms with Crippen LogP contribution >= 0.6 is 11.3 Å². The van der Waals surface area contributed by atoms with Crippen LogP contribution < -0.4 is 0 Å². The van der Waals surface area contributed by atoms with Crippen molar-refractivity contribution < 1.29 is 9.90 Å². The Hall–Kier alpha value is -1.23. The van der Waals surface area contributed by atoms with Gasteiger partial charge in [0.05, 0.1) is 10.7 Å². The highest BCUT2D eigenvalue weighted by Gasteiger charge is 2.22. The van der Waals surface area contributed by atoms with Crippen molar-refractivity contribution in [3.63, 3.8) is 0 Å². The maximum atomic E-state index is 10.5. The summed E-state index contributed by atoms with van der Waals surface area (Å²) in [6.45, 7) is 1.89. The number of aliphatic carboxylic acids is 1. The van der Waals surface area contributed by atoms with Gasteiger partial charge in [0.15, 0.2) is 0 Å². The number of aliphatic imine (C=N–C) groups is 1. The molecule has 0 amide bonds. The van der Waals surface area contributed by atoms with Crippen LogP contribution in [0.25, 0.3) is 0 Å². The predicted octanol–water partition coefficient (Wildman–Crippen LogP) is 1.16. The topological polar surface area (TPSA) is 62.5 Å². The van der Waals surface area contributed by atoms with Gasteiger partial charge in [-0.3, -0.25) is 0 Å². The summed E-state index contributed by atoms with van der Waals surface area (Å²) in [5.41, 5.74) is 0.999. The molecule has 1 aliphatic heterocycles. The van der Waals surface area contributed by atoms with Crippen LogP contribution in [0.4, 0.5) is 5.00 Å². The van der Waals surface area contributed by atoms with E-state index in [2.05, 4.69) is 9.98 Å². The van der Waals surface area contributed by atoms with E-state index in [1.165, 1.54) is 11.3 Å². The lowest BCUT2D eigenvalue weighted by molar-refractivity contribution is -0.129. The van der Waals surface area contributed by atoms with Crippen LogP contribution in [0.15, 0.2) is 4.99 Å². The van der Waals surface area contributed by atoms with Gasteiger partial charge >= 0.3 is 5.97 Å². The number of rotatable bonds is 1. The second kappa shape index (κ2) is 2.38. The Balaban J connectivity index is 2.39. The molecule has 0 aliphatic carbocycles. The molecule has 0 unspecified atom stereocenters. The molecule has 0 bridgehead atoms. The van der Waals surface area contributed by atoms with Crippen LogP contribution in [0.1, 0.15) is 10.7 Å². The molecule has 4 nitrogen and oxygen atoms in total. The Bertz CT molecular complexity index is 381. The van der Waals surface area contributed by atoms with Crippen LogP contribution in [0.2, 0.25) is 0 Å². The lowest BCUT2D eigenvalue weighted by Gasteiger charge is -1.88. The predicted molar refractivity (Wildman–Crippen MR) is 45.3 cm³/mol. The summed E-state index contributed by atoms with van der Waals surface area (Å²) in [6.07, 6.45) is 0.370. The van der Waals surface area contributed by atoms with Crippen molar-refractivity contribution in [3.05, 3.63) is 10.7 Å². The van der Waals surface area contributed by atoms with E-state index >= 15 is 0 Å². The fourth-order valence-electron chi connectivity index (χ4n) is 1.11. The lowest BCUT2D eigenvalue weighted by Crippen LogP contribution is -2.12. The van der Waals surface area contributed by atoms with Gasteiger partial charge < -0.3 is 5.11 Å². The number of nitrogens with zero attached hydrogens (tertiary/aromatic N) is 2. The first kappa shape index (κ1) is 7.42. The zero-order valence-electron chi connectivity index (χ0n) is 6.37. The maximum absolute atomic E-state index is 10.5. The third-order valence-electron chi connectivity index (χ3n) is 1.60. The summed E-state index contributed by atoms with van der Waals surface area (Å²) in [5, 5.41) is 10.3. The first-order valence-corrected chi connectivity index (χ1v) is 4.25. The Kier molecular flexibility index (Phi) is 1.47. The van der Waals surface area contributed by atoms with Crippen molar-refractivity contribution in [1.29, 1.82) is 0 Å². The van der Waals surface area contributed by atoms with E-state index in [0.29, 0.717) is 6.42 Å². The Labute approximate surface area is 72.6 Å². The molecular weight excluding hydrogens is 176 g/mol. The lowest BCUT2D eigenvalue weighted by atomic mass is 10.2. The molecule has 62 valence electrons. The summed E-state index contributed by atoms with van der Waals surface area (Å²) in [7, 11) is 0. The molecule has 0 atom stereocenters. The van der Waals surface area contributed by atoms with Gasteiger partial charge in [0.25, 0.3) is 0 Å². The van der Waals surface area contributed by atoms with E-state index < -0.39 is 5.97 Å². The summed E-state index contributed by atoms with van der Waals surface area (Å²) >= 11 is 1.44. The third-order valence-corrected chi connectivity index (χ3v) is 2.51. The number of carbonyl (C=O) groups is 1. The number of hydrogen-bond acceptors (Lipinski definition) is 4. The molecule has 2 heterocycles. The Morgan fingerprint density at radius 2 is 2.42 bits per heavy atom. The SMILES string of the molecule is Cc1nc2c(s1)N=C(C(=O)O)C2. The van der Waals surface area contributed by atoms with Gasteiger partial charge in [-0.15, -0.1) is 0 Å². The van der Waals surface area contributed by atoms with Gasteiger partial charge in [0.2, 0.25) is 0 Å². The molecule has 0 aromatic carbocycles. The fraction of sp³-hybridized carbons (Fsp3) is 0.286. The van der Waals surface area contributed by atoms with Crippen molar-refractivity contribution in [2.45, 2.75) is 13.3 Å². The standard InChI is InChI=1S/C7H6N2O2S/c1-3-8-4-2-5(7(10)11)9-6(4)12-3/h2H2,1H3,(H,10,11). The second-order valence-corrected chi connectivity index (χ2v) is 3.71. The minimum Gasteiger partial charge on any atom is -0.477 e. The van der Waals surface area contributed by atoms with Crippen molar-refractivity contribution >= 4 is 28.0 Å². The molecular formula is C7H6N2O2S. The summed E-state index contributed by atoms with van der Waals surface area (Å²) in [4.78, 5) is 18.6. The highest BCUT2D eigenvalue weighted by atomic mass is 32.1. The fourth-order valence-corrected chi connectivity index (χ4v) is 1.93. The number of thiazole rings is 1. The normalized spacial score (nSPS) is 14.2. The van der Waals surface area contributed by atoms with E-state index in [1.807, 2.05) is 6.92 Å². The molecule has 0 radical (unpaired) electrons. The number of carboxylic acids is 1. The first-order valence-electron chi connectivity index (χ1n) is 3.44. The number of aryl methyl sites for hydroxylation is 1. The summed E-state index contributed by atoms with van der Waals surface area (Å²) in [5.74, 6) is -0.946. The average Bonchev–Trinajstić information content (AvgIpc) is 2.42. The number of carboxylic acid groups (broad SMARTS) is 1. The number of hydrogen-bond donors (Lipinski definition) is 1. The van der Waals surface area contributed by atoms with Gasteiger partial charge in [-0.05, 0) is 6.92 Å². The monoisotopic (exact) mass is 182 g/mol. The van der Waals surface area contributed by atoms with E-state index in [9.17, 15) is 4.79 Å². The molecule has 5 heteroatoms. The minimum atomic E-state index is -0.946. The zero-order valence-corrected chi connectivity index (χ0v) is 7.18. The van der Waals surface area contributed by atoms with E-state index in [4.69, 9.17) is 5.11 Å². The van der Waals surface area contributed by atoms with Crippen molar-refractivity contribution in [2.24, 2.45) is 4.99 Å². The highest BCUT2D eigenvalue weighted by molar-refractivity contribution is 7.15. The van der Waals surface area contributed by atoms with Gasteiger partial charge in [-0.1, -0.05) is 11.3 Å². The molecule has 1 aromatic heterocycles. The largest absolute Gasteiger partial charge is 0.477 e. The van der Waals surface area contributed by atoms with Gasteiger partial charge in [0, 0.05) is 6.42 Å². The molecule has 0 saturated carbocycles. The molecule has 1 N–H and O–H groups in total. The highest BCUT2D eigenvalue weighted by Crippen LogP contribution is 2.32. The van der Waals surface area contributed by atoms with Crippen molar-refractivity contribution in [2.75, 3.05) is 0 Å². The quantitative estimate of drug-likeness (QED) is 0.709. The Morgan fingerprint density at radius 1 is 1.67 bits per heavy atom. The third kappa shape index (κ3) is 1.02. The van der Waals surface area contributed by atoms with Crippen LogP contribution in [0.5, 0.6) is 0 Å². The van der Waals surface area contributed by atoms with Gasteiger partial charge in [-0.2, -0.15) is 0 Å². The van der Waals surface area contributed by atoms with E-state index in [-0.39, 0.29) is 5.71 Å². The number of aromatic nitrogens is 1. The molecule has 0 fully saturated rings. The van der Waals surface area contributed by atoms with Gasteiger partial charge in [0.1, 0.15) is 10.7 Å². The summed E-state index contributed by atoms with van der Waals surface area (Å²) in [6, 6.07) is 0. The molecule has 0 spiro atoms. The van der Waals surface area contributed by atoms with Crippen molar-refractivity contribution in [1.82, 2.24) is 4.98 Å². The van der Waals surface area contributed by atoms with Crippen LogP contribution in [0, 0.1) is 6.92 Å².